The van der Waals surface area contributed by atoms with Gasteiger partial charge in [-0.25, -0.2) is 4.98 Å². The van der Waals surface area contributed by atoms with Gasteiger partial charge in [-0.1, -0.05) is 12.1 Å². The molecule has 0 saturated carbocycles. The normalized spacial score (nSPS) is 16.6. The molecule has 1 aliphatic heterocycles. The molecule has 0 atom stereocenters. The molecule has 1 fully saturated rings. The maximum atomic E-state index is 5.79. The van der Waals surface area contributed by atoms with Crippen LogP contribution in [0.15, 0.2) is 47.6 Å². The van der Waals surface area contributed by atoms with E-state index in [0.29, 0.717) is 18.2 Å². The molecule has 150 valence electrons. The van der Waals surface area contributed by atoms with Crippen molar-refractivity contribution in [2.45, 2.75) is 25.1 Å². The summed E-state index contributed by atoms with van der Waals surface area (Å²) in [6.07, 6.45) is 1.83. The third-order valence-electron chi connectivity index (χ3n) is 4.45. The quantitative estimate of drug-likeness (QED) is 0.609. The molecular weight excluding hydrogens is 372 g/mol. The average molecular weight is 401 g/mol. The summed E-state index contributed by atoms with van der Waals surface area (Å²) < 4.78 is 11.3. The molecule has 0 radical (unpaired) electrons. The number of methoxy groups -OCH3 is 1. The van der Waals surface area contributed by atoms with Crippen molar-refractivity contribution in [3.63, 3.8) is 0 Å². The largest absolute Gasteiger partial charge is 0.497 e. The number of nitrogens with one attached hydrogen (secondary N) is 1. The molecule has 2 heterocycles. The van der Waals surface area contributed by atoms with Gasteiger partial charge in [-0.3, -0.25) is 4.99 Å². The molecule has 7 heteroatoms. The average Bonchev–Trinajstić information content (AvgIpc) is 2.69. The van der Waals surface area contributed by atoms with Gasteiger partial charge in [-0.15, -0.1) is 0 Å². The van der Waals surface area contributed by atoms with Gasteiger partial charge in [0.15, 0.2) is 5.96 Å². The van der Waals surface area contributed by atoms with Crippen molar-refractivity contribution in [3.8, 4) is 17.4 Å². The fourth-order valence-electron chi connectivity index (χ4n) is 3.07. The number of nitrogens with zero attached hydrogens (tertiary/aromatic N) is 3. The number of thioether (sulfide) groups is 1. The van der Waals surface area contributed by atoms with Crippen molar-refractivity contribution in [2.24, 2.45) is 4.99 Å². The van der Waals surface area contributed by atoms with Gasteiger partial charge in [0.25, 0.3) is 0 Å². The number of pyridine rings is 1. The Kier molecular flexibility index (Phi) is 6.67. The van der Waals surface area contributed by atoms with Crippen molar-refractivity contribution in [2.75, 3.05) is 33.0 Å². The van der Waals surface area contributed by atoms with Crippen molar-refractivity contribution in [3.05, 3.63) is 48.2 Å². The fourth-order valence-corrected chi connectivity index (χ4v) is 4.18. The molecular formula is C21H28N4O2S. The molecule has 1 aromatic carbocycles. The maximum Gasteiger partial charge on any atom is 0.219 e. The Labute approximate surface area is 171 Å². The van der Waals surface area contributed by atoms with Crippen LogP contribution in [0.5, 0.6) is 17.4 Å². The van der Waals surface area contributed by atoms with E-state index in [2.05, 4.69) is 34.0 Å². The minimum atomic E-state index is 0.247. The minimum absolute atomic E-state index is 0.247. The van der Waals surface area contributed by atoms with Gasteiger partial charge in [0.05, 0.1) is 7.11 Å². The molecule has 28 heavy (non-hydrogen) atoms. The van der Waals surface area contributed by atoms with Gasteiger partial charge < -0.3 is 19.7 Å². The predicted molar refractivity (Wildman–Crippen MR) is 116 cm³/mol. The summed E-state index contributed by atoms with van der Waals surface area (Å²) in [5.41, 5.74) is 1.07. The number of aliphatic imine (C=N–C) groups is 1. The van der Waals surface area contributed by atoms with Crippen molar-refractivity contribution >= 4 is 17.7 Å². The topological polar surface area (TPSA) is 59.0 Å². The smallest absolute Gasteiger partial charge is 0.219 e. The highest BCUT2D eigenvalue weighted by Crippen LogP contribution is 2.29. The molecule has 0 unspecified atom stereocenters. The summed E-state index contributed by atoms with van der Waals surface area (Å²) >= 11 is 2.01. The van der Waals surface area contributed by atoms with Crippen molar-refractivity contribution in [1.82, 2.24) is 15.2 Å². The van der Waals surface area contributed by atoms with E-state index in [1.54, 1.807) is 7.11 Å². The second-order valence-corrected chi connectivity index (χ2v) is 9.02. The SMILES string of the molecule is CN=C(NCc1ccc(Oc2cccc(OC)c2)nc1)N1CCSC(C)(C)C1. The lowest BCUT2D eigenvalue weighted by Crippen LogP contribution is -2.50. The van der Waals surface area contributed by atoms with Crippen LogP contribution in [0.1, 0.15) is 19.4 Å². The molecule has 6 nitrogen and oxygen atoms in total. The minimum Gasteiger partial charge on any atom is -0.497 e. The lowest BCUT2D eigenvalue weighted by Gasteiger charge is -2.39. The number of ether oxygens (including phenoxy) is 2. The number of guanidine groups is 1. The molecule has 1 aromatic heterocycles. The first-order chi connectivity index (χ1) is 13.5. The predicted octanol–water partition coefficient (Wildman–Crippen LogP) is 3.79. The summed E-state index contributed by atoms with van der Waals surface area (Å²) in [7, 11) is 3.47. The third kappa shape index (κ3) is 5.55. The highest BCUT2D eigenvalue weighted by Gasteiger charge is 2.28. The van der Waals surface area contributed by atoms with E-state index in [0.717, 1.165) is 36.1 Å². The van der Waals surface area contributed by atoms with E-state index in [1.165, 1.54) is 0 Å². The Bertz CT molecular complexity index is 808. The van der Waals surface area contributed by atoms with Crippen LogP contribution in [0.4, 0.5) is 0 Å². The zero-order chi connectivity index (χ0) is 20.0. The Hall–Kier alpha value is -2.41. The van der Waals surface area contributed by atoms with Crippen molar-refractivity contribution < 1.29 is 9.47 Å². The van der Waals surface area contributed by atoms with E-state index >= 15 is 0 Å². The second kappa shape index (κ2) is 9.19. The van der Waals surface area contributed by atoms with E-state index in [1.807, 2.05) is 61.4 Å². The number of rotatable bonds is 5. The van der Waals surface area contributed by atoms with Gasteiger partial charge in [-0.2, -0.15) is 11.8 Å². The van der Waals surface area contributed by atoms with Gasteiger partial charge in [0.2, 0.25) is 5.88 Å². The number of benzene rings is 1. The van der Waals surface area contributed by atoms with Gasteiger partial charge >= 0.3 is 0 Å². The van der Waals surface area contributed by atoms with Crippen LogP contribution in [0.25, 0.3) is 0 Å². The Morgan fingerprint density at radius 1 is 1.29 bits per heavy atom. The molecule has 3 rings (SSSR count). The maximum absolute atomic E-state index is 5.79. The zero-order valence-corrected chi connectivity index (χ0v) is 17.8. The fraction of sp³-hybridized carbons (Fsp3) is 0.429. The van der Waals surface area contributed by atoms with E-state index in [9.17, 15) is 0 Å². The molecule has 0 aliphatic carbocycles. The van der Waals surface area contributed by atoms with Crippen LogP contribution in [-0.2, 0) is 6.54 Å². The number of hydrogen-bond donors (Lipinski definition) is 1. The van der Waals surface area contributed by atoms with Crippen LogP contribution >= 0.6 is 11.8 Å². The van der Waals surface area contributed by atoms with Crippen LogP contribution in [0.2, 0.25) is 0 Å². The number of hydrogen-bond acceptors (Lipinski definition) is 5. The van der Waals surface area contributed by atoms with Crippen LogP contribution in [0.3, 0.4) is 0 Å². The monoisotopic (exact) mass is 400 g/mol. The molecule has 2 aromatic rings. The standard InChI is InChI=1S/C21H28N4O2S/c1-21(2)15-25(10-11-28-21)20(22-3)24-14-16-8-9-19(23-13-16)27-18-7-5-6-17(12-18)26-4/h5-9,12-13H,10-11,14-15H2,1-4H3,(H,22,24). The number of aromatic nitrogens is 1. The molecule has 0 amide bonds. The van der Waals surface area contributed by atoms with Gasteiger partial charge in [0, 0.05) is 55.5 Å². The summed E-state index contributed by atoms with van der Waals surface area (Å²) in [6, 6.07) is 11.4. The van der Waals surface area contributed by atoms with Crippen LogP contribution in [-0.4, -0.2) is 53.6 Å². The Balaban J connectivity index is 1.56. The van der Waals surface area contributed by atoms with E-state index in [4.69, 9.17) is 9.47 Å². The summed E-state index contributed by atoms with van der Waals surface area (Å²) in [5.74, 6) is 4.06. The summed E-state index contributed by atoms with van der Waals surface area (Å²) in [4.78, 5) is 11.2. The van der Waals surface area contributed by atoms with Crippen molar-refractivity contribution in [1.29, 1.82) is 0 Å². The van der Waals surface area contributed by atoms with Gasteiger partial charge in [0.1, 0.15) is 11.5 Å². The van der Waals surface area contributed by atoms with Crippen LogP contribution < -0.4 is 14.8 Å². The van der Waals surface area contributed by atoms with Gasteiger partial charge in [-0.05, 0) is 31.5 Å². The summed E-state index contributed by atoms with van der Waals surface area (Å²) in [5, 5.41) is 3.45. The first kappa shape index (κ1) is 20.3. The molecule has 0 spiro atoms. The Morgan fingerprint density at radius 3 is 2.79 bits per heavy atom. The third-order valence-corrected chi connectivity index (χ3v) is 5.75. The first-order valence-electron chi connectivity index (χ1n) is 9.35. The second-order valence-electron chi connectivity index (χ2n) is 7.22. The first-order valence-corrected chi connectivity index (χ1v) is 10.3. The molecule has 1 saturated heterocycles. The molecule has 1 N–H and O–H groups in total. The van der Waals surface area contributed by atoms with E-state index in [-0.39, 0.29) is 4.75 Å². The summed E-state index contributed by atoms with van der Waals surface area (Å²) in [6.45, 7) is 7.23. The Morgan fingerprint density at radius 2 is 2.11 bits per heavy atom. The lowest BCUT2D eigenvalue weighted by atomic mass is 10.2. The highest BCUT2D eigenvalue weighted by molar-refractivity contribution is 8.00. The highest BCUT2D eigenvalue weighted by atomic mass is 32.2. The van der Waals surface area contributed by atoms with Crippen LogP contribution in [0, 0.1) is 0 Å². The molecule has 1 aliphatic rings. The molecule has 0 bridgehead atoms. The zero-order valence-electron chi connectivity index (χ0n) is 16.9. The van der Waals surface area contributed by atoms with E-state index < -0.39 is 0 Å². The lowest BCUT2D eigenvalue weighted by molar-refractivity contribution is 0.375.